The van der Waals surface area contributed by atoms with E-state index >= 15 is 0 Å². The lowest BCUT2D eigenvalue weighted by molar-refractivity contribution is 0.0987. The maximum absolute atomic E-state index is 13.2. The van der Waals surface area contributed by atoms with Gasteiger partial charge in [-0.3, -0.25) is 4.79 Å². The molecule has 0 spiro atoms. The normalized spacial score (nSPS) is 10.5. The van der Waals surface area contributed by atoms with Gasteiger partial charge in [0.05, 0.1) is 5.56 Å². The first-order valence-electron chi connectivity index (χ1n) is 6.78. The Bertz CT molecular complexity index is 684. The maximum Gasteiger partial charge on any atom is 0.259 e. The van der Waals surface area contributed by atoms with Crippen molar-refractivity contribution < 1.29 is 9.18 Å². The second-order valence-electron chi connectivity index (χ2n) is 4.96. The number of anilines is 1. The lowest BCUT2D eigenvalue weighted by Gasteiger charge is -2.24. The highest BCUT2D eigenvalue weighted by Crippen LogP contribution is 2.25. The van der Waals surface area contributed by atoms with E-state index in [1.54, 1.807) is 11.0 Å². The van der Waals surface area contributed by atoms with Gasteiger partial charge in [-0.1, -0.05) is 12.1 Å². The van der Waals surface area contributed by atoms with Crippen molar-refractivity contribution in [3.05, 3.63) is 62.5 Å². The van der Waals surface area contributed by atoms with E-state index in [1.807, 2.05) is 61.6 Å². The molecule has 0 fully saturated rings. The van der Waals surface area contributed by atoms with Crippen molar-refractivity contribution in [2.24, 2.45) is 0 Å². The van der Waals surface area contributed by atoms with Crippen molar-refractivity contribution in [3.8, 4) is 0 Å². The summed E-state index contributed by atoms with van der Waals surface area (Å²) in [7, 11) is 0. The summed E-state index contributed by atoms with van der Waals surface area (Å²) in [6.07, 6.45) is 0. The minimum absolute atomic E-state index is 0.101. The van der Waals surface area contributed by atoms with Crippen LogP contribution >= 0.6 is 22.6 Å². The fourth-order valence-corrected chi connectivity index (χ4v) is 2.95. The molecule has 0 heterocycles. The molecule has 2 aromatic carbocycles. The number of rotatable bonds is 3. The van der Waals surface area contributed by atoms with Crippen LogP contribution in [0.15, 0.2) is 36.4 Å². The van der Waals surface area contributed by atoms with Crippen molar-refractivity contribution in [1.82, 2.24) is 0 Å². The van der Waals surface area contributed by atoms with Gasteiger partial charge in [0.25, 0.3) is 5.91 Å². The van der Waals surface area contributed by atoms with Crippen LogP contribution in [0.4, 0.5) is 10.1 Å². The SMILES string of the molecule is CCN(C(=O)c1ccc(F)cc1I)c1cc(C)ccc1C. The third kappa shape index (κ3) is 3.43. The molecule has 0 bridgehead atoms. The van der Waals surface area contributed by atoms with Gasteiger partial charge < -0.3 is 4.90 Å². The Morgan fingerprint density at radius 3 is 2.52 bits per heavy atom. The Morgan fingerprint density at radius 2 is 1.90 bits per heavy atom. The van der Waals surface area contributed by atoms with Crippen LogP contribution in [0.2, 0.25) is 0 Å². The van der Waals surface area contributed by atoms with Crippen molar-refractivity contribution in [3.63, 3.8) is 0 Å². The summed E-state index contributed by atoms with van der Waals surface area (Å²) in [5.41, 5.74) is 3.59. The van der Waals surface area contributed by atoms with E-state index in [0.29, 0.717) is 15.7 Å². The molecule has 4 heteroatoms. The van der Waals surface area contributed by atoms with Crippen molar-refractivity contribution in [1.29, 1.82) is 0 Å². The largest absolute Gasteiger partial charge is 0.308 e. The van der Waals surface area contributed by atoms with E-state index in [4.69, 9.17) is 0 Å². The average Bonchev–Trinajstić information content (AvgIpc) is 2.43. The zero-order valence-electron chi connectivity index (χ0n) is 12.3. The predicted molar refractivity (Wildman–Crippen MR) is 92.4 cm³/mol. The maximum atomic E-state index is 13.2. The third-order valence-electron chi connectivity index (χ3n) is 3.38. The quantitative estimate of drug-likeness (QED) is 0.687. The number of halogens is 2. The first-order valence-corrected chi connectivity index (χ1v) is 7.86. The molecule has 0 atom stereocenters. The van der Waals surface area contributed by atoms with Crippen molar-refractivity contribution in [2.45, 2.75) is 20.8 Å². The molecule has 110 valence electrons. The predicted octanol–water partition coefficient (Wildman–Crippen LogP) is 4.71. The zero-order valence-corrected chi connectivity index (χ0v) is 14.4. The van der Waals surface area contributed by atoms with Gasteiger partial charge in [-0.25, -0.2) is 4.39 Å². The lowest BCUT2D eigenvalue weighted by Crippen LogP contribution is -2.32. The highest BCUT2D eigenvalue weighted by atomic mass is 127. The van der Waals surface area contributed by atoms with Crippen LogP contribution in [0, 0.1) is 23.2 Å². The highest BCUT2D eigenvalue weighted by Gasteiger charge is 2.20. The van der Waals surface area contributed by atoms with Crippen molar-refractivity contribution in [2.75, 3.05) is 11.4 Å². The molecule has 2 aromatic rings. The van der Waals surface area contributed by atoms with Crippen molar-refractivity contribution >= 4 is 34.2 Å². The number of hydrogen-bond acceptors (Lipinski definition) is 1. The summed E-state index contributed by atoms with van der Waals surface area (Å²) < 4.78 is 13.8. The molecular formula is C17H17FINO. The van der Waals surface area contributed by atoms with E-state index in [9.17, 15) is 9.18 Å². The number of amides is 1. The topological polar surface area (TPSA) is 20.3 Å². The number of aryl methyl sites for hydroxylation is 2. The number of carbonyl (C=O) groups excluding carboxylic acids is 1. The molecule has 2 nitrogen and oxygen atoms in total. The number of nitrogens with zero attached hydrogens (tertiary/aromatic N) is 1. The third-order valence-corrected chi connectivity index (χ3v) is 4.27. The number of benzene rings is 2. The first-order chi connectivity index (χ1) is 9.93. The van der Waals surface area contributed by atoms with Gasteiger partial charge >= 0.3 is 0 Å². The highest BCUT2D eigenvalue weighted by molar-refractivity contribution is 14.1. The van der Waals surface area contributed by atoms with Crippen LogP contribution in [-0.2, 0) is 0 Å². The smallest absolute Gasteiger partial charge is 0.259 e. The first kappa shape index (κ1) is 15.9. The summed E-state index contributed by atoms with van der Waals surface area (Å²) in [5, 5.41) is 0. The fourth-order valence-electron chi connectivity index (χ4n) is 2.24. The van der Waals surface area contributed by atoms with Crippen LogP contribution in [0.5, 0.6) is 0 Å². The van der Waals surface area contributed by atoms with Crippen LogP contribution < -0.4 is 4.90 Å². The number of hydrogen-bond donors (Lipinski definition) is 0. The number of carbonyl (C=O) groups is 1. The van der Waals surface area contributed by atoms with Gasteiger partial charge in [-0.05, 0) is 78.8 Å². The van der Waals surface area contributed by atoms with E-state index < -0.39 is 0 Å². The standard InChI is InChI=1S/C17H17FINO/c1-4-20(16-9-11(2)5-6-12(16)3)17(21)14-8-7-13(18)10-15(14)19/h5-10H,4H2,1-3H3. The molecular weight excluding hydrogens is 380 g/mol. The fraction of sp³-hybridized carbons (Fsp3) is 0.235. The molecule has 0 unspecified atom stereocenters. The molecule has 0 radical (unpaired) electrons. The second kappa shape index (κ2) is 6.56. The van der Waals surface area contributed by atoms with Gasteiger partial charge in [0.15, 0.2) is 0 Å². The van der Waals surface area contributed by atoms with Gasteiger partial charge in [0.2, 0.25) is 0 Å². The van der Waals surface area contributed by atoms with Crippen LogP contribution in [-0.4, -0.2) is 12.5 Å². The van der Waals surface area contributed by atoms with E-state index in [1.165, 1.54) is 12.1 Å². The Kier molecular flexibility index (Phi) is 4.98. The molecule has 0 N–H and O–H groups in total. The minimum atomic E-state index is -0.328. The molecule has 0 aliphatic heterocycles. The summed E-state index contributed by atoms with van der Waals surface area (Å²) in [4.78, 5) is 14.5. The Hall–Kier alpha value is -1.43. The Labute approximate surface area is 138 Å². The van der Waals surface area contributed by atoms with Gasteiger partial charge in [0.1, 0.15) is 5.82 Å². The van der Waals surface area contributed by atoms with E-state index in [0.717, 1.165) is 16.8 Å². The van der Waals surface area contributed by atoms with Gasteiger partial charge in [-0.2, -0.15) is 0 Å². The molecule has 0 saturated carbocycles. The van der Waals surface area contributed by atoms with E-state index in [2.05, 4.69) is 0 Å². The van der Waals surface area contributed by atoms with E-state index in [-0.39, 0.29) is 11.7 Å². The molecule has 0 aliphatic rings. The van der Waals surface area contributed by atoms with Gasteiger partial charge in [0, 0.05) is 15.8 Å². The summed E-state index contributed by atoms with van der Waals surface area (Å²) in [6, 6.07) is 10.3. The average molecular weight is 397 g/mol. The van der Waals surface area contributed by atoms with Crippen LogP contribution in [0.25, 0.3) is 0 Å². The molecule has 1 amide bonds. The second-order valence-corrected chi connectivity index (χ2v) is 6.13. The zero-order chi connectivity index (χ0) is 15.6. The lowest BCUT2D eigenvalue weighted by atomic mass is 10.1. The molecule has 2 rings (SSSR count). The van der Waals surface area contributed by atoms with Crippen LogP contribution in [0.3, 0.4) is 0 Å². The molecule has 0 aromatic heterocycles. The Balaban J connectivity index is 2.45. The summed E-state index contributed by atoms with van der Waals surface area (Å²) >= 11 is 2.00. The molecule has 21 heavy (non-hydrogen) atoms. The monoisotopic (exact) mass is 397 g/mol. The Morgan fingerprint density at radius 1 is 1.19 bits per heavy atom. The minimum Gasteiger partial charge on any atom is -0.308 e. The van der Waals surface area contributed by atoms with Crippen LogP contribution in [0.1, 0.15) is 28.4 Å². The summed E-state index contributed by atoms with van der Waals surface area (Å²) in [5.74, 6) is -0.429. The molecule has 0 aliphatic carbocycles. The van der Waals surface area contributed by atoms with Gasteiger partial charge in [-0.15, -0.1) is 0 Å². The molecule has 0 saturated heterocycles. The summed E-state index contributed by atoms with van der Waals surface area (Å²) in [6.45, 7) is 6.50.